The van der Waals surface area contributed by atoms with Crippen LogP contribution in [0.5, 0.6) is 0 Å². The first-order valence-electron chi connectivity index (χ1n) is 16.6. The average Bonchev–Trinajstić information content (AvgIpc) is 3.03. The van der Waals surface area contributed by atoms with Gasteiger partial charge in [-0.2, -0.15) is 35.9 Å². The molecule has 2 aliphatic rings. The van der Waals surface area contributed by atoms with Crippen LogP contribution in [-0.4, -0.2) is 91.4 Å². The first kappa shape index (κ1) is 44.2. The summed E-state index contributed by atoms with van der Waals surface area (Å²) in [4.78, 5) is 44.4. The average molecular weight is 747 g/mol. The number of piperazine rings is 2. The first-order valence-corrected chi connectivity index (χ1v) is 16.6. The van der Waals surface area contributed by atoms with Crippen LogP contribution in [0.1, 0.15) is 74.9 Å². The van der Waals surface area contributed by atoms with Gasteiger partial charge in [0.05, 0.1) is 11.1 Å². The van der Waals surface area contributed by atoms with Gasteiger partial charge in [-0.25, -0.2) is 4.79 Å². The van der Waals surface area contributed by atoms with Gasteiger partial charge in [0.15, 0.2) is 0 Å². The van der Waals surface area contributed by atoms with Gasteiger partial charge in [0.2, 0.25) is 0 Å². The third-order valence-electron chi connectivity index (χ3n) is 7.93. The summed E-state index contributed by atoms with van der Waals surface area (Å²) in [5, 5.41) is 3.19. The lowest BCUT2D eigenvalue weighted by molar-refractivity contribution is -0.191. The van der Waals surface area contributed by atoms with E-state index in [9.17, 15) is 35.9 Å². The zero-order valence-electron chi connectivity index (χ0n) is 30.4. The molecule has 0 unspecified atom stereocenters. The smallest absolute Gasteiger partial charge is 0.416 e. The van der Waals surface area contributed by atoms with Gasteiger partial charge in [0.1, 0.15) is 12.2 Å². The number of hydrogen-bond donors (Lipinski definition) is 1. The molecule has 52 heavy (non-hydrogen) atoms. The molecule has 2 heterocycles. The fraction of sp³-hybridized carbons (Fsp3) is 0.583. The third kappa shape index (κ3) is 15.7. The standard InChI is InChI=1S/C21H31F3N2O2.C14H17F3N2O2.CO2/c1-19(2,3)16-11-15(12-17(13-16)21(22,23)24)14-25-7-9-26(10-8-25)18(27)28-20(4,5)6;15-14(16,17)13-6-11(5-12(7-13)9-21-10-20)8-19-3-1-18-2-4-19;2-1-3/h11-13H,7-10,14H2,1-6H3;5-7,10,18H,1-4,8-9H2;. The summed E-state index contributed by atoms with van der Waals surface area (Å²) in [5.41, 5.74) is 0.0107. The van der Waals surface area contributed by atoms with Gasteiger partial charge >= 0.3 is 24.6 Å². The molecule has 2 aliphatic heterocycles. The molecule has 4 rings (SSSR count). The number of halogens is 6. The van der Waals surface area contributed by atoms with Crippen molar-refractivity contribution >= 4 is 18.7 Å². The van der Waals surface area contributed by atoms with E-state index in [0.717, 1.165) is 38.3 Å². The van der Waals surface area contributed by atoms with Crippen molar-refractivity contribution in [2.75, 3.05) is 52.4 Å². The predicted octanol–water partition coefficient (Wildman–Crippen LogP) is 6.26. The molecule has 0 aliphatic carbocycles. The van der Waals surface area contributed by atoms with E-state index in [4.69, 9.17) is 14.3 Å². The molecular formula is C36H48F6N4O6. The second-order valence-corrected chi connectivity index (χ2v) is 14.5. The van der Waals surface area contributed by atoms with Gasteiger partial charge in [-0.15, -0.1) is 0 Å². The van der Waals surface area contributed by atoms with E-state index < -0.39 is 29.1 Å². The molecule has 0 atom stereocenters. The van der Waals surface area contributed by atoms with Crippen LogP contribution in [0.25, 0.3) is 0 Å². The molecule has 16 heteroatoms. The Morgan fingerprint density at radius 3 is 1.62 bits per heavy atom. The maximum absolute atomic E-state index is 13.3. The van der Waals surface area contributed by atoms with Crippen LogP contribution in [0.15, 0.2) is 36.4 Å². The molecule has 0 spiro atoms. The molecule has 0 radical (unpaired) electrons. The lowest BCUT2D eigenvalue weighted by atomic mass is 9.85. The Morgan fingerprint density at radius 1 is 0.712 bits per heavy atom. The quantitative estimate of drug-likeness (QED) is 0.260. The van der Waals surface area contributed by atoms with Crippen LogP contribution < -0.4 is 5.32 Å². The number of carbonyl (C=O) groups is 2. The van der Waals surface area contributed by atoms with Crippen molar-refractivity contribution in [2.24, 2.45) is 0 Å². The van der Waals surface area contributed by atoms with Gasteiger partial charge in [0.25, 0.3) is 6.47 Å². The van der Waals surface area contributed by atoms with Crippen LogP contribution in [0.2, 0.25) is 0 Å². The summed E-state index contributed by atoms with van der Waals surface area (Å²) in [7, 11) is 0. The second kappa shape index (κ2) is 19.2. The fourth-order valence-electron chi connectivity index (χ4n) is 5.41. The van der Waals surface area contributed by atoms with E-state index >= 15 is 0 Å². The summed E-state index contributed by atoms with van der Waals surface area (Å²) in [6, 6.07) is 8.16. The van der Waals surface area contributed by atoms with Crippen molar-refractivity contribution < 1.29 is 55.0 Å². The van der Waals surface area contributed by atoms with Crippen LogP contribution in [-0.2, 0) is 61.3 Å². The molecule has 2 aromatic rings. The van der Waals surface area contributed by atoms with Crippen molar-refractivity contribution in [1.29, 1.82) is 0 Å². The molecule has 290 valence electrons. The Morgan fingerprint density at radius 2 is 1.15 bits per heavy atom. The molecule has 1 amide bonds. The van der Waals surface area contributed by atoms with Crippen LogP contribution in [0.4, 0.5) is 31.1 Å². The number of benzene rings is 2. The monoisotopic (exact) mass is 746 g/mol. The highest BCUT2D eigenvalue weighted by Crippen LogP contribution is 2.34. The van der Waals surface area contributed by atoms with E-state index in [0.29, 0.717) is 61.5 Å². The van der Waals surface area contributed by atoms with Gasteiger partial charge in [0, 0.05) is 65.4 Å². The fourth-order valence-corrected chi connectivity index (χ4v) is 5.41. The predicted molar refractivity (Wildman–Crippen MR) is 179 cm³/mol. The van der Waals surface area contributed by atoms with Gasteiger partial charge in [-0.1, -0.05) is 32.9 Å². The van der Waals surface area contributed by atoms with Gasteiger partial charge < -0.3 is 19.7 Å². The van der Waals surface area contributed by atoms with E-state index in [2.05, 4.69) is 19.9 Å². The van der Waals surface area contributed by atoms with E-state index in [1.807, 2.05) is 47.6 Å². The summed E-state index contributed by atoms with van der Waals surface area (Å²) in [6.07, 6.45) is -8.87. The molecule has 1 N–H and O–H groups in total. The minimum atomic E-state index is -4.41. The zero-order valence-corrected chi connectivity index (χ0v) is 30.4. The third-order valence-corrected chi connectivity index (χ3v) is 7.93. The minimum Gasteiger partial charge on any atom is -0.463 e. The number of carbonyl (C=O) groups excluding carboxylic acids is 4. The Balaban J connectivity index is 0.000000346. The summed E-state index contributed by atoms with van der Waals surface area (Å²) < 4.78 is 88.6. The Labute approximate surface area is 300 Å². The summed E-state index contributed by atoms with van der Waals surface area (Å²) >= 11 is 0. The number of nitrogens with zero attached hydrogens (tertiary/aromatic N) is 3. The summed E-state index contributed by atoms with van der Waals surface area (Å²) in [6.45, 7) is 17.6. The molecular weight excluding hydrogens is 698 g/mol. The Kier molecular flexibility index (Phi) is 16.3. The molecule has 2 aromatic carbocycles. The van der Waals surface area contributed by atoms with Crippen molar-refractivity contribution in [3.05, 3.63) is 69.8 Å². The number of alkyl halides is 6. The zero-order chi connectivity index (χ0) is 39.3. The number of rotatable bonds is 7. The van der Waals surface area contributed by atoms with Crippen LogP contribution in [0.3, 0.4) is 0 Å². The second-order valence-electron chi connectivity index (χ2n) is 14.5. The van der Waals surface area contributed by atoms with Crippen molar-refractivity contribution in [2.45, 2.75) is 84.6 Å². The van der Waals surface area contributed by atoms with Crippen LogP contribution >= 0.6 is 0 Å². The molecule has 2 fully saturated rings. The normalized spacial score (nSPS) is 16.0. The molecule has 10 nitrogen and oxygen atoms in total. The van der Waals surface area contributed by atoms with E-state index in [1.165, 1.54) is 12.1 Å². The summed E-state index contributed by atoms with van der Waals surface area (Å²) in [5.74, 6) is 0. The highest BCUT2D eigenvalue weighted by molar-refractivity contribution is 5.68. The van der Waals surface area contributed by atoms with Crippen molar-refractivity contribution in [1.82, 2.24) is 20.0 Å². The highest BCUT2D eigenvalue weighted by Gasteiger charge is 2.33. The van der Waals surface area contributed by atoms with E-state index in [1.54, 1.807) is 11.0 Å². The lowest BCUT2D eigenvalue weighted by Gasteiger charge is -2.35. The maximum Gasteiger partial charge on any atom is 0.416 e. The van der Waals surface area contributed by atoms with Crippen molar-refractivity contribution in [3.63, 3.8) is 0 Å². The SMILES string of the molecule is CC(C)(C)OC(=O)N1CCN(Cc2cc(C(C)(C)C)cc(C(F)(F)F)c2)CC1.O=C=O.O=COCc1cc(CN2CCNCC2)cc(C(F)(F)F)c1. The first-order chi connectivity index (χ1) is 24.0. The van der Waals surface area contributed by atoms with Gasteiger partial charge in [-0.3, -0.25) is 14.6 Å². The molecule has 0 aromatic heterocycles. The largest absolute Gasteiger partial charge is 0.463 e. The maximum atomic E-state index is 13.3. The van der Waals surface area contributed by atoms with Crippen molar-refractivity contribution in [3.8, 4) is 0 Å². The van der Waals surface area contributed by atoms with Crippen LogP contribution in [0, 0.1) is 0 Å². The highest BCUT2D eigenvalue weighted by atomic mass is 19.4. The number of ether oxygens (including phenoxy) is 2. The Hall–Kier alpha value is -3.98. The number of hydrogen-bond acceptors (Lipinski definition) is 9. The van der Waals surface area contributed by atoms with E-state index in [-0.39, 0.29) is 30.7 Å². The van der Waals surface area contributed by atoms with Gasteiger partial charge in [-0.05, 0) is 72.7 Å². The number of nitrogens with one attached hydrogen (secondary N) is 1. The number of amides is 1. The molecule has 0 bridgehead atoms. The molecule has 0 saturated carbocycles. The molecule has 2 saturated heterocycles. The topological polar surface area (TPSA) is 108 Å². The minimum absolute atomic E-state index is 0.151. The Bertz CT molecular complexity index is 1450. The lowest BCUT2D eigenvalue weighted by Crippen LogP contribution is -2.49.